The van der Waals surface area contributed by atoms with Gasteiger partial charge in [0, 0.05) is 31.5 Å². The Morgan fingerprint density at radius 3 is 2.52 bits per heavy atom. The first-order valence-electron chi connectivity index (χ1n) is 12.2. The highest BCUT2D eigenvalue weighted by Crippen LogP contribution is 2.19. The maximum Gasteiger partial charge on any atom is 0.332 e. The van der Waals surface area contributed by atoms with Crippen LogP contribution in [0.2, 0.25) is 0 Å². The molecule has 1 amide bonds. The minimum Gasteiger partial charge on any atom is -0.458 e. The van der Waals surface area contributed by atoms with Gasteiger partial charge in [0.25, 0.3) is 5.56 Å². The van der Waals surface area contributed by atoms with Gasteiger partial charge in [0.1, 0.15) is 24.9 Å². The average Bonchev–Trinajstić information content (AvgIpc) is 3.61. The van der Waals surface area contributed by atoms with Crippen molar-refractivity contribution in [2.45, 2.75) is 26.1 Å². The molecule has 0 spiro atoms. The maximum absolute atomic E-state index is 12.7. The Hall–Kier alpha value is -5.40. The van der Waals surface area contributed by atoms with Crippen LogP contribution in [0.5, 0.6) is 0 Å². The number of esters is 1. The molecule has 0 aliphatic carbocycles. The first-order chi connectivity index (χ1) is 19.2. The topological polar surface area (TPSA) is 161 Å². The molecule has 1 unspecified atom stereocenters. The first kappa shape index (κ1) is 26.2. The number of aromatic nitrogens is 8. The van der Waals surface area contributed by atoms with Gasteiger partial charge in [-0.2, -0.15) is 0 Å². The number of fused-ring (bicyclic) bond motifs is 1. The summed E-state index contributed by atoms with van der Waals surface area (Å²) in [6.45, 7) is 1.27. The zero-order valence-electron chi connectivity index (χ0n) is 21.9. The number of nitrogens with zero attached hydrogens (tertiary/aromatic N) is 8. The van der Waals surface area contributed by atoms with Crippen molar-refractivity contribution in [3.05, 3.63) is 87.7 Å². The summed E-state index contributed by atoms with van der Waals surface area (Å²) in [6.07, 6.45) is 4.53. The third-order valence-corrected chi connectivity index (χ3v) is 6.31. The lowest BCUT2D eigenvalue weighted by molar-refractivity contribution is -0.148. The first-order valence-corrected chi connectivity index (χ1v) is 12.2. The van der Waals surface area contributed by atoms with Crippen LogP contribution in [0.25, 0.3) is 22.4 Å². The van der Waals surface area contributed by atoms with Gasteiger partial charge in [-0.1, -0.05) is 23.4 Å². The number of rotatable bonds is 8. The lowest BCUT2D eigenvalue weighted by Crippen LogP contribution is -2.38. The molecule has 1 aromatic carbocycles. The smallest absolute Gasteiger partial charge is 0.332 e. The molecule has 5 rings (SSSR count). The molecule has 40 heavy (non-hydrogen) atoms. The van der Waals surface area contributed by atoms with E-state index in [0.29, 0.717) is 11.4 Å². The molecular formula is C26H25N9O5. The number of nitrogens with one attached hydrogen (secondary N) is 1. The molecule has 1 N–H and O–H groups in total. The summed E-state index contributed by atoms with van der Waals surface area (Å²) in [5.74, 6) is -0.952. The highest BCUT2D eigenvalue weighted by molar-refractivity contribution is 5.90. The Labute approximate surface area is 226 Å². The highest BCUT2D eigenvalue weighted by Gasteiger charge is 2.23. The van der Waals surface area contributed by atoms with Gasteiger partial charge < -0.3 is 14.6 Å². The van der Waals surface area contributed by atoms with Crippen molar-refractivity contribution in [3.63, 3.8) is 0 Å². The van der Waals surface area contributed by atoms with Crippen LogP contribution in [0.1, 0.15) is 18.7 Å². The van der Waals surface area contributed by atoms with Gasteiger partial charge in [0.05, 0.1) is 18.2 Å². The van der Waals surface area contributed by atoms with Crippen molar-refractivity contribution in [2.75, 3.05) is 5.32 Å². The van der Waals surface area contributed by atoms with Gasteiger partial charge in [0.2, 0.25) is 5.91 Å². The van der Waals surface area contributed by atoms with E-state index < -0.39 is 23.3 Å². The van der Waals surface area contributed by atoms with E-state index in [1.165, 1.54) is 40.4 Å². The number of anilines is 1. The molecule has 0 radical (unpaired) electrons. The van der Waals surface area contributed by atoms with Crippen molar-refractivity contribution in [1.29, 1.82) is 0 Å². The number of hydrogen-bond donors (Lipinski definition) is 1. The molecular weight excluding hydrogens is 518 g/mol. The number of pyridine rings is 1. The maximum atomic E-state index is 12.7. The number of carbonyl (C=O) groups excluding carboxylic acids is 2. The van der Waals surface area contributed by atoms with E-state index in [9.17, 15) is 19.2 Å². The summed E-state index contributed by atoms with van der Waals surface area (Å²) in [7, 11) is 2.85. The monoisotopic (exact) mass is 543 g/mol. The molecule has 0 fully saturated rings. The molecule has 204 valence electrons. The largest absolute Gasteiger partial charge is 0.458 e. The van der Waals surface area contributed by atoms with Crippen LogP contribution < -0.4 is 16.6 Å². The van der Waals surface area contributed by atoms with Gasteiger partial charge in [-0.05, 0) is 31.2 Å². The Kier molecular flexibility index (Phi) is 7.05. The van der Waals surface area contributed by atoms with Crippen molar-refractivity contribution in [2.24, 2.45) is 14.1 Å². The molecule has 14 nitrogen and oxygen atoms in total. The summed E-state index contributed by atoms with van der Waals surface area (Å²) in [6, 6.07) is 12.1. The van der Waals surface area contributed by atoms with E-state index in [-0.39, 0.29) is 30.2 Å². The van der Waals surface area contributed by atoms with Crippen molar-refractivity contribution in [3.8, 4) is 11.3 Å². The fourth-order valence-corrected chi connectivity index (χ4v) is 4.12. The van der Waals surface area contributed by atoms with Crippen LogP contribution >= 0.6 is 0 Å². The number of imidazole rings is 1. The van der Waals surface area contributed by atoms with Gasteiger partial charge >= 0.3 is 11.7 Å². The van der Waals surface area contributed by atoms with Gasteiger partial charge in [-0.25, -0.2) is 19.3 Å². The Balaban J connectivity index is 1.17. The van der Waals surface area contributed by atoms with E-state index in [1.54, 1.807) is 25.3 Å². The summed E-state index contributed by atoms with van der Waals surface area (Å²) in [5.41, 5.74) is 1.90. The zero-order chi connectivity index (χ0) is 28.4. The van der Waals surface area contributed by atoms with Crippen LogP contribution in [0.4, 0.5) is 5.69 Å². The minimum atomic E-state index is -0.903. The predicted molar refractivity (Wildman–Crippen MR) is 143 cm³/mol. The third-order valence-electron chi connectivity index (χ3n) is 6.31. The van der Waals surface area contributed by atoms with E-state index in [0.717, 1.165) is 15.8 Å². The number of carbonyl (C=O) groups is 2. The Morgan fingerprint density at radius 1 is 1.02 bits per heavy atom. The number of aryl methyl sites for hydroxylation is 1. The zero-order valence-corrected chi connectivity index (χ0v) is 21.9. The quantitative estimate of drug-likeness (QED) is 0.282. The van der Waals surface area contributed by atoms with E-state index in [4.69, 9.17) is 4.74 Å². The second-order valence-corrected chi connectivity index (χ2v) is 9.06. The van der Waals surface area contributed by atoms with Crippen LogP contribution in [-0.4, -0.2) is 50.5 Å². The lowest BCUT2D eigenvalue weighted by Gasteiger charge is -2.13. The molecule has 4 aromatic heterocycles. The van der Waals surface area contributed by atoms with Gasteiger partial charge in [-0.15, -0.1) is 5.10 Å². The van der Waals surface area contributed by atoms with Crippen LogP contribution in [0.15, 0.2) is 70.8 Å². The van der Waals surface area contributed by atoms with Crippen molar-refractivity contribution >= 4 is 28.7 Å². The Bertz CT molecular complexity index is 1820. The summed E-state index contributed by atoms with van der Waals surface area (Å²) < 4.78 is 10.2. The molecule has 0 aliphatic heterocycles. The van der Waals surface area contributed by atoms with Crippen LogP contribution in [0.3, 0.4) is 0 Å². The van der Waals surface area contributed by atoms with E-state index in [2.05, 4.69) is 25.6 Å². The van der Waals surface area contributed by atoms with Crippen LogP contribution in [0, 0.1) is 0 Å². The summed E-state index contributed by atoms with van der Waals surface area (Å²) >= 11 is 0. The molecule has 4 heterocycles. The van der Waals surface area contributed by atoms with E-state index >= 15 is 0 Å². The third kappa shape index (κ3) is 5.14. The van der Waals surface area contributed by atoms with E-state index in [1.807, 2.05) is 30.3 Å². The molecule has 0 aliphatic rings. The fourth-order valence-electron chi connectivity index (χ4n) is 4.12. The number of hydrogen-bond acceptors (Lipinski definition) is 9. The summed E-state index contributed by atoms with van der Waals surface area (Å²) in [4.78, 5) is 58.4. The number of benzene rings is 1. The number of ether oxygens (including phenoxy) is 1. The average molecular weight is 544 g/mol. The highest BCUT2D eigenvalue weighted by atomic mass is 16.5. The van der Waals surface area contributed by atoms with Crippen LogP contribution in [-0.2, 0) is 41.6 Å². The normalized spacial score (nSPS) is 11.9. The number of amides is 1. The fraction of sp³-hybridized carbons (Fsp3) is 0.231. The SMILES string of the molecule is CC(C(=O)OCc1cn(CC(=O)Nc2ccc(-c3ccccn3)cc2)nn1)n1cnc2c1c(=O)n(C)c(=O)n2C. The molecule has 1 atom stereocenters. The second-order valence-electron chi connectivity index (χ2n) is 9.06. The van der Waals surface area contributed by atoms with Gasteiger partial charge in [0.15, 0.2) is 11.2 Å². The molecule has 0 saturated heterocycles. The molecule has 0 saturated carbocycles. The summed E-state index contributed by atoms with van der Waals surface area (Å²) in [5, 5.41) is 10.7. The van der Waals surface area contributed by atoms with Crippen molar-refractivity contribution in [1.82, 2.24) is 38.7 Å². The molecule has 14 heteroatoms. The second kappa shape index (κ2) is 10.8. The molecule has 0 bridgehead atoms. The standard InChI is InChI=1S/C26H25N9O5/c1-16(35-15-28-23-22(35)24(37)33(3)26(39)32(23)2)25(38)40-14-19-12-34(31-30-19)13-21(36)29-18-9-7-17(8-10-18)20-6-4-5-11-27-20/h4-12,15-16H,13-14H2,1-3H3,(H,29,36). The predicted octanol–water partition coefficient (Wildman–Crippen LogP) is 1.03. The molecule has 5 aromatic rings. The lowest BCUT2D eigenvalue weighted by atomic mass is 10.1. The van der Waals surface area contributed by atoms with Crippen molar-refractivity contribution < 1.29 is 14.3 Å². The minimum absolute atomic E-state index is 0.0949. The van der Waals surface area contributed by atoms with Gasteiger partial charge in [-0.3, -0.25) is 23.7 Å². The Morgan fingerprint density at radius 2 is 1.80 bits per heavy atom.